The van der Waals surface area contributed by atoms with Crippen LogP contribution in [0, 0.1) is 0 Å². The molecule has 0 radical (unpaired) electrons. The molecule has 4 aliphatic rings. The highest BCUT2D eigenvalue weighted by Crippen LogP contribution is 2.61. The predicted octanol–water partition coefficient (Wildman–Crippen LogP) is 25.6. The van der Waals surface area contributed by atoms with Crippen molar-refractivity contribution in [2.45, 2.75) is 38.5 Å². The molecule has 0 saturated carbocycles. The van der Waals surface area contributed by atoms with Crippen molar-refractivity contribution in [2.24, 2.45) is 0 Å². The van der Waals surface area contributed by atoms with Crippen LogP contribution in [-0.4, -0.2) is 4.57 Å². The average molecular weight is 1230 g/mol. The van der Waals surface area contributed by atoms with Crippen molar-refractivity contribution in [1.29, 1.82) is 0 Å². The zero-order valence-corrected chi connectivity index (χ0v) is 53.4. The second-order valence-electron chi connectivity index (χ2n) is 27.8. The molecular weight excluding hydrogens is 1170 g/mol. The average Bonchev–Trinajstić information content (AvgIpc) is 1.52. The molecule has 0 saturated heterocycles. The van der Waals surface area contributed by atoms with Gasteiger partial charge in [-0.05, 0) is 208 Å². The van der Waals surface area contributed by atoms with Gasteiger partial charge in [-0.15, -0.1) is 0 Å². The lowest BCUT2D eigenvalue weighted by molar-refractivity contribution is 0.660. The van der Waals surface area contributed by atoms with Gasteiger partial charge in [-0.3, -0.25) is 0 Å². The van der Waals surface area contributed by atoms with Crippen molar-refractivity contribution in [3.63, 3.8) is 0 Å². The van der Waals surface area contributed by atoms with Crippen molar-refractivity contribution in [1.82, 2.24) is 4.57 Å². The Balaban J connectivity index is 0.000000131. The van der Waals surface area contributed by atoms with E-state index in [0.29, 0.717) is 0 Å². The van der Waals surface area contributed by atoms with Crippen LogP contribution in [-0.2, 0) is 10.8 Å². The maximum absolute atomic E-state index is 6.53. The van der Waals surface area contributed by atoms with E-state index >= 15 is 0 Å². The van der Waals surface area contributed by atoms with E-state index in [2.05, 4.69) is 328 Å². The molecule has 3 heterocycles. The molecule has 450 valence electrons. The first-order chi connectivity index (χ1) is 47.1. The summed E-state index contributed by atoms with van der Waals surface area (Å²) in [5, 5.41) is 12.7. The number of furan rings is 2. The maximum Gasteiger partial charge on any atom is 0.136 e. The number of rotatable bonds is 7. The van der Waals surface area contributed by atoms with E-state index in [0.717, 1.165) is 45.1 Å². The summed E-state index contributed by atoms with van der Waals surface area (Å²) in [6.07, 6.45) is 0. The number of hydrogen-bond acceptors (Lipinski definition) is 3. The molecule has 22 rings (SSSR count). The number of fused-ring (bicyclic) bond motifs is 5. The molecular formula is C92H60N2O2. The van der Waals surface area contributed by atoms with Crippen LogP contribution in [0.3, 0.4) is 0 Å². The highest BCUT2D eigenvalue weighted by atomic mass is 16.3. The monoisotopic (exact) mass is 1220 g/mol. The molecule has 18 aromatic rings. The Kier molecular flexibility index (Phi) is 10.8. The molecule has 4 aliphatic carbocycles. The summed E-state index contributed by atoms with van der Waals surface area (Å²) >= 11 is 0. The Hall–Kier alpha value is -12.0. The number of benzene rings is 15. The quantitative estimate of drug-likeness (QED) is 0.159. The summed E-state index contributed by atoms with van der Waals surface area (Å²) in [6, 6.07) is 107. The van der Waals surface area contributed by atoms with Crippen LogP contribution in [0.4, 0.5) is 17.1 Å². The third-order valence-corrected chi connectivity index (χ3v) is 22.1. The molecule has 0 atom stereocenters. The van der Waals surface area contributed by atoms with Crippen LogP contribution in [0.1, 0.15) is 49.9 Å². The van der Waals surface area contributed by atoms with Gasteiger partial charge in [0.15, 0.2) is 0 Å². The van der Waals surface area contributed by atoms with E-state index in [1.165, 1.54) is 165 Å². The predicted molar refractivity (Wildman–Crippen MR) is 401 cm³/mol. The molecule has 0 amide bonds. The molecule has 4 nitrogen and oxygen atoms in total. The van der Waals surface area contributed by atoms with Crippen LogP contribution in [0.2, 0.25) is 0 Å². The molecule has 0 bridgehead atoms. The van der Waals surface area contributed by atoms with Gasteiger partial charge in [-0.2, -0.15) is 0 Å². The fourth-order valence-electron chi connectivity index (χ4n) is 17.7. The smallest absolute Gasteiger partial charge is 0.136 e. The first kappa shape index (κ1) is 53.5. The first-order valence-electron chi connectivity index (χ1n) is 33.5. The minimum absolute atomic E-state index is 0.0754. The van der Waals surface area contributed by atoms with Gasteiger partial charge >= 0.3 is 0 Å². The van der Waals surface area contributed by atoms with E-state index in [1.807, 2.05) is 0 Å². The maximum atomic E-state index is 6.53. The summed E-state index contributed by atoms with van der Waals surface area (Å²) in [7, 11) is 0. The third-order valence-electron chi connectivity index (χ3n) is 22.1. The van der Waals surface area contributed by atoms with Gasteiger partial charge in [0.05, 0.1) is 11.0 Å². The van der Waals surface area contributed by atoms with Gasteiger partial charge < -0.3 is 18.3 Å². The molecule has 0 aliphatic heterocycles. The number of anilines is 3. The van der Waals surface area contributed by atoms with Crippen LogP contribution in [0.15, 0.2) is 300 Å². The molecule has 0 N–H and O–H groups in total. The summed E-state index contributed by atoms with van der Waals surface area (Å²) in [6.45, 7) is 9.50. The Morgan fingerprint density at radius 2 is 0.792 bits per heavy atom. The van der Waals surface area contributed by atoms with Gasteiger partial charge in [0.2, 0.25) is 0 Å². The molecule has 15 aromatic carbocycles. The molecule has 3 aromatic heterocycles. The van der Waals surface area contributed by atoms with E-state index in [9.17, 15) is 0 Å². The van der Waals surface area contributed by atoms with E-state index in [-0.39, 0.29) is 10.8 Å². The fourth-order valence-corrected chi connectivity index (χ4v) is 17.7. The largest absolute Gasteiger partial charge is 0.456 e. The third kappa shape index (κ3) is 7.22. The minimum atomic E-state index is -0.147. The number of aromatic nitrogens is 1. The van der Waals surface area contributed by atoms with Crippen LogP contribution in [0.5, 0.6) is 0 Å². The Morgan fingerprint density at radius 1 is 0.260 bits per heavy atom. The topological polar surface area (TPSA) is 34.5 Å². The normalized spacial score (nSPS) is 13.8. The molecule has 96 heavy (non-hydrogen) atoms. The van der Waals surface area contributed by atoms with Crippen molar-refractivity contribution in [3.8, 4) is 83.6 Å². The van der Waals surface area contributed by atoms with Crippen molar-refractivity contribution in [2.75, 3.05) is 4.90 Å². The standard InChI is InChI=1S/C52H37NO.C40H23NO/c1-51(2)40-15-9-8-13-36(40)37-24-23-35(29-42(37)51)53(33-11-6-5-7-12-33)34-21-17-30(18-22-34)32-27-39-38-14-10-16-44-48(38)50-45(54-44)26-20-31-19-25-41-49(46(31)50)47(39)43(28-32)52(41,3)4;1-2-9-24(10-3-1)28-13-4-5-14-29(28)26-11-6-12-27(23-26)41-32-17-7-15-30-31-16-8-18-34-38(31)40-35(42-34)22-20-25-19-21-33(41)39(36(25)40)37(30)32/h5-29H,1-4H3;1-23H. The number of hydrogen-bond donors (Lipinski definition) is 0. The van der Waals surface area contributed by atoms with Crippen LogP contribution in [0.25, 0.3) is 171 Å². The summed E-state index contributed by atoms with van der Waals surface area (Å²) in [4.78, 5) is 2.40. The highest BCUT2D eigenvalue weighted by Gasteiger charge is 2.41. The van der Waals surface area contributed by atoms with Crippen LogP contribution < -0.4 is 4.90 Å². The van der Waals surface area contributed by atoms with E-state index in [4.69, 9.17) is 8.83 Å². The van der Waals surface area contributed by atoms with Gasteiger partial charge in [0, 0.05) is 76.7 Å². The zero-order chi connectivity index (χ0) is 63.4. The fraction of sp³-hybridized carbons (Fsp3) is 0.0652. The summed E-state index contributed by atoms with van der Waals surface area (Å²) < 4.78 is 15.4. The van der Waals surface area contributed by atoms with Gasteiger partial charge in [-0.1, -0.05) is 222 Å². The lowest BCUT2D eigenvalue weighted by atomic mass is 9.80. The van der Waals surface area contributed by atoms with Crippen molar-refractivity contribution >= 4 is 104 Å². The second-order valence-corrected chi connectivity index (χ2v) is 27.8. The van der Waals surface area contributed by atoms with E-state index in [1.54, 1.807) is 0 Å². The Labute approximate surface area is 554 Å². The summed E-state index contributed by atoms with van der Waals surface area (Å²) in [5.74, 6) is 0. The number of para-hydroxylation sites is 1. The second kappa shape index (κ2) is 19.3. The van der Waals surface area contributed by atoms with E-state index < -0.39 is 0 Å². The lowest BCUT2D eigenvalue weighted by Gasteiger charge is -2.28. The summed E-state index contributed by atoms with van der Waals surface area (Å²) in [5.41, 5.74) is 34.0. The molecule has 4 heteroatoms. The molecule has 0 unspecified atom stereocenters. The zero-order valence-electron chi connectivity index (χ0n) is 53.4. The van der Waals surface area contributed by atoms with Gasteiger partial charge in [0.25, 0.3) is 0 Å². The van der Waals surface area contributed by atoms with Crippen molar-refractivity contribution in [3.05, 3.63) is 313 Å². The minimum Gasteiger partial charge on any atom is -0.456 e. The van der Waals surface area contributed by atoms with Gasteiger partial charge in [-0.25, -0.2) is 0 Å². The van der Waals surface area contributed by atoms with Gasteiger partial charge in [0.1, 0.15) is 22.3 Å². The lowest BCUT2D eigenvalue weighted by Crippen LogP contribution is -2.16. The SMILES string of the molecule is CC1(C)c2ccccc2-c2ccc(N(c3ccccc3)c3ccc(-c4cc5c6c(c4)C(C)(C)c4ccc7ccc8oc9cccc-5c9c8c7c4-6)cc3)cc21.c1ccc(-c2ccccc2-c2cccc(-n3c4cccc5c4c4c6c(ccc7oc8cccc-5c8c76)ccc43)c2)cc1. The Morgan fingerprint density at radius 3 is 1.54 bits per heavy atom. The highest BCUT2D eigenvalue weighted by molar-refractivity contribution is 6.38. The number of nitrogens with zero attached hydrogens (tertiary/aromatic N) is 2. The Bertz CT molecular complexity index is 6430. The molecule has 0 fully saturated rings. The van der Waals surface area contributed by atoms with Crippen LogP contribution >= 0.6 is 0 Å². The molecule has 0 spiro atoms. The van der Waals surface area contributed by atoms with Crippen molar-refractivity contribution < 1.29 is 8.83 Å². The first-order valence-corrected chi connectivity index (χ1v) is 33.5.